The molecule has 0 aliphatic carbocycles. The van der Waals surface area contributed by atoms with E-state index in [1.807, 2.05) is 20.8 Å². The van der Waals surface area contributed by atoms with E-state index in [2.05, 4.69) is 5.32 Å². The van der Waals surface area contributed by atoms with E-state index in [1.54, 1.807) is 23.1 Å². The number of rotatable bonds is 2. The zero-order chi connectivity index (χ0) is 18.9. The molecule has 0 aromatic heterocycles. The molecule has 0 saturated carbocycles. The summed E-state index contributed by atoms with van der Waals surface area (Å²) in [4.78, 5) is 38.0. The summed E-state index contributed by atoms with van der Waals surface area (Å²) in [6, 6.07) is 5.09. The van der Waals surface area contributed by atoms with Gasteiger partial charge >= 0.3 is 6.09 Å². The molecule has 1 aromatic carbocycles. The Balaban J connectivity index is 1.61. The van der Waals surface area contributed by atoms with Crippen LogP contribution < -0.4 is 10.1 Å². The van der Waals surface area contributed by atoms with Crippen LogP contribution in [0.5, 0.6) is 5.75 Å². The van der Waals surface area contributed by atoms with E-state index in [1.165, 1.54) is 0 Å². The molecule has 2 aliphatic heterocycles. The third kappa shape index (κ3) is 4.15. The van der Waals surface area contributed by atoms with Crippen molar-refractivity contribution in [1.29, 1.82) is 0 Å². The van der Waals surface area contributed by atoms with Gasteiger partial charge in [0.25, 0.3) is 5.91 Å². The molecule has 3 rings (SSSR count). The molecule has 7 heteroatoms. The third-order valence-corrected chi connectivity index (χ3v) is 4.41. The van der Waals surface area contributed by atoms with Crippen LogP contribution in [-0.2, 0) is 9.53 Å². The topological polar surface area (TPSA) is 84.9 Å². The lowest BCUT2D eigenvalue weighted by Gasteiger charge is -2.33. The van der Waals surface area contributed by atoms with Crippen molar-refractivity contribution in [2.45, 2.75) is 39.2 Å². The van der Waals surface area contributed by atoms with E-state index in [9.17, 15) is 14.4 Å². The van der Waals surface area contributed by atoms with Crippen molar-refractivity contribution in [2.75, 3.05) is 25.0 Å². The largest absolute Gasteiger partial charge is 0.482 e. The van der Waals surface area contributed by atoms with Gasteiger partial charge in [-0.2, -0.15) is 0 Å². The molecule has 1 aromatic rings. The highest BCUT2D eigenvalue weighted by Gasteiger charge is 2.30. The second-order valence-electron chi connectivity index (χ2n) is 7.65. The molecular formula is C19H24N2O5. The molecule has 0 atom stereocenters. The molecule has 0 spiro atoms. The van der Waals surface area contributed by atoms with Crippen molar-refractivity contribution in [3.05, 3.63) is 23.8 Å². The normalized spacial score (nSPS) is 17.8. The van der Waals surface area contributed by atoms with Gasteiger partial charge in [0.05, 0.1) is 5.69 Å². The van der Waals surface area contributed by atoms with Gasteiger partial charge in [0.15, 0.2) is 12.4 Å². The van der Waals surface area contributed by atoms with E-state index in [0.29, 0.717) is 42.9 Å². The van der Waals surface area contributed by atoms with Crippen molar-refractivity contribution >= 4 is 23.5 Å². The number of carbonyl (C=O) groups is 3. The quantitative estimate of drug-likeness (QED) is 0.820. The Hall–Kier alpha value is -2.57. The van der Waals surface area contributed by atoms with Crippen LogP contribution in [-0.4, -0.2) is 48.0 Å². The van der Waals surface area contributed by atoms with Gasteiger partial charge in [0.2, 0.25) is 0 Å². The lowest BCUT2D eigenvalue weighted by atomic mass is 9.88. The van der Waals surface area contributed by atoms with Gasteiger partial charge in [-0.1, -0.05) is 0 Å². The SMILES string of the molecule is CC(C)(C)OC(=O)N1CCC(C(=O)c2ccc3c(c2)NC(=O)CO3)CC1. The van der Waals surface area contributed by atoms with E-state index >= 15 is 0 Å². The van der Waals surface area contributed by atoms with Crippen molar-refractivity contribution in [3.8, 4) is 5.75 Å². The number of fused-ring (bicyclic) bond motifs is 1. The maximum atomic E-state index is 12.8. The Morgan fingerprint density at radius 1 is 1.23 bits per heavy atom. The number of benzene rings is 1. The number of carbonyl (C=O) groups excluding carboxylic acids is 3. The number of anilines is 1. The van der Waals surface area contributed by atoms with Crippen LogP contribution in [0.15, 0.2) is 18.2 Å². The molecule has 1 fully saturated rings. The first kappa shape index (κ1) is 18.2. The second-order valence-corrected chi connectivity index (χ2v) is 7.65. The van der Waals surface area contributed by atoms with Gasteiger partial charge in [0.1, 0.15) is 11.4 Å². The van der Waals surface area contributed by atoms with Gasteiger partial charge in [0, 0.05) is 24.6 Å². The monoisotopic (exact) mass is 360 g/mol. The number of hydrogen-bond acceptors (Lipinski definition) is 5. The molecule has 2 aliphatic rings. The van der Waals surface area contributed by atoms with E-state index in [4.69, 9.17) is 9.47 Å². The van der Waals surface area contributed by atoms with E-state index in [0.717, 1.165) is 0 Å². The van der Waals surface area contributed by atoms with Crippen LogP contribution in [0.3, 0.4) is 0 Å². The number of Topliss-reactive ketones (excluding diaryl/α,β-unsaturated/α-hetero) is 1. The van der Waals surface area contributed by atoms with Crippen molar-refractivity contribution < 1.29 is 23.9 Å². The minimum atomic E-state index is -0.528. The number of amides is 2. The average molecular weight is 360 g/mol. The van der Waals surface area contributed by atoms with E-state index in [-0.39, 0.29) is 30.3 Å². The standard InChI is InChI=1S/C19H24N2O5/c1-19(2,3)26-18(24)21-8-6-12(7-9-21)17(23)13-4-5-15-14(10-13)20-16(22)11-25-15/h4-5,10,12H,6-9,11H2,1-3H3,(H,20,22). The highest BCUT2D eigenvalue weighted by atomic mass is 16.6. The van der Waals surface area contributed by atoms with Gasteiger partial charge < -0.3 is 19.7 Å². The molecule has 0 unspecified atom stereocenters. The van der Waals surface area contributed by atoms with Crippen LogP contribution in [0.4, 0.5) is 10.5 Å². The molecule has 26 heavy (non-hydrogen) atoms. The van der Waals surface area contributed by atoms with Crippen LogP contribution >= 0.6 is 0 Å². The first-order chi connectivity index (χ1) is 12.2. The predicted octanol–water partition coefficient (Wildman–Crippen LogP) is 2.85. The van der Waals surface area contributed by atoms with Crippen molar-refractivity contribution in [1.82, 2.24) is 4.90 Å². The maximum Gasteiger partial charge on any atom is 0.410 e. The van der Waals surface area contributed by atoms with E-state index < -0.39 is 5.60 Å². The van der Waals surface area contributed by atoms with Crippen LogP contribution in [0.2, 0.25) is 0 Å². The van der Waals surface area contributed by atoms with Gasteiger partial charge in [-0.05, 0) is 51.8 Å². The second kappa shape index (κ2) is 6.97. The number of nitrogens with zero attached hydrogens (tertiary/aromatic N) is 1. The molecule has 0 radical (unpaired) electrons. The fraction of sp³-hybridized carbons (Fsp3) is 0.526. The zero-order valence-electron chi connectivity index (χ0n) is 15.3. The molecule has 1 N–H and O–H groups in total. The molecule has 7 nitrogen and oxygen atoms in total. The van der Waals surface area contributed by atoms with Gasteiger partial charge in [-0.15, -0.1) is 0 Å². The number of likely N-dealkylation sites (tertiary alicyclic amines) is 1. The fourth-order valence-corrected chi connectivity index (χ4v) is 3.12. The zero-order valence-corrected chi connectivity index (χ0v) is 15.3. The maximum absolute atomic E-state index is 12.8. The summed E-state index contributed by atoms with van der Waals surface area (Å²) < 4.78 is 10.7. The van der Waals surface area contributed by atoms with Crippen molar-refractivity contribution in [2.24, 2.45) is 5.92 Å². The lowest BCUT2D eigenvalue weighted by molar-refractivity contribution is -0.118. The lowest BCUT2D eigenvalue weighted by Crippen LogP contribution is -2.43. The Bertz CT molecular complexity index is 730. The molecule has 1 saturated heterocycles. The Labute approximate surface area is 152 Å². The summed E-state index contributed by atoms with van der Waals surface area (Å²) in [5.74, 6) is 0.220. The van der Waals surface area contributed by atoms with Crippen LogP contribution in [0.1, 0.15) is 44.0 Å². The molecule has 2 amide bonds. The van der Waals surface area contributed by atoms with Gasteiger partial charge in [-0.3, -0.25) is 9.59 Å². The minimum Gasteiger partial charge on any atom is -0.482 e. The molecule has 140 valence electrons. The smallest absolute Gasteiger partial charge is 0.410 e. The molecular weight excluding hydrogens is 336 g/mol. The summed E-state index contributed by atoms with van der Waals surface area (Å²) in [6.07, 6.45) is 0.854. The van der Waals surface area contributed by atoms with Crippen LogP contribution in [0, 0.1) is 5.92 Å². The van der Waals surface area contributed by atoms with Crippen LogP contribution in [0.25, 0.3) is 0 Å². The highest BCUT2D eigenvalue weighted by molar-refractivity contribution is 6.01. The summed E-state index contributed by atoms with van der Waals surface area (Å²) in [5, 5.41) is 2.72. The minimum absolute atomic E-state index is 0.0105. The van der Waals surface area contributed by atoms with Crippen molar-refractivity contribution in [3.63, 3.8) is 0 Å². The fourth-order valence-electron chi connectivity index (χ4n) is 3.12. The number of piperidine rings is 1. The Morgan fingerprint density at radius 2 is 1.92 bits per heavy atom. The third-order valence-electron chi connectivity index (χ3n) is 4.41. The summed E-state index contributed by atoms with van der Waals surface area (Å²) >= 11 is 0. The Kier molecular flexibility index (Phi) is 4.89. The highest BCUT2D eigenvalue weighted by Crippen LogP contribution is 2.31. The summed E-state index contributed by atoms with van der Waals surface area (Å²) in [6.45, 7) is 6.48. The predicted molar refractivity (Wildman–Crippen MR) is 95.4 cm³/mol. The average Bonchev–Trinajstić information content (AvgIpc) is 2.59. The number of hydrogen-bond donors (Lipinski definition) is 1. The number of nitrogens with one attached hydrogen (secondary N) is 1. The summed E-state index contributed by atoms with van der Waals surface area (Å²) in [5.41, 5.74) is 0.544. The summed E-state index contributed by atoms with van der Waals surface area (Å²) in [7, 11) is 0. The first-order valence-electron chi connectivity index (χ1n) is 8.82. The number of ether oxygens (including phenoxy) is 2. The number of ketones is 1. The molecule has 2 heterocycles. The molecule has 0 bridgehead atoms. The van der Waals surface area contributed by atoms with Gasteiger partial charge in [-0.25, -0.2) is 4.79 Å². The Morgan fingerprint density at radius 3 is 2.58 bits per heavy atom. The first-order valence-corrected chi connectivity index (χ1v) is 8.82.